The van der Waals surface area contributed by atoms with E-state index in [2.05, 4.69) is 20.5 Å². The summed E-state index contributed by atoms with van der Waals surface area (Å²) in [4.78, 5) is 7.03. The standard InChI is InChI=1S/C18H34F3N5O2S/c1-2-22-17(23-9-3-4-10-25-11-5-6-12-25)24-15-16-7-13-26(14-8-16)29(27,28)18(19,20)21/h16H,2-15H2,1H3,(H2,22,23,24). The second-order valence-corrected chi connectivity index (χ2v) is 9.62. The number of halogens is 3. The summed E-state index contributed by atoms with van der Waals surface area (Å²) in [5.41, 5.74) is -5.23. The molecule has 29 heavy (non-hydrogen) atoms. The topological polar surface area (TPSA) is 77.0 Å². The van der Waals surface area contributed by atoms with Crippen molar-refractivity contribution in [2.24, 2.45) is 10.9 Å². The molecule has 0 saturated carbocycles. The van der Waals surface area contributed by atoms with Crippen molar-refractivity contribution in [2.75, 3.05) is 52.4 Å². The van der Waals surface area contributed by atoms with Crippen LogP contribution in [0.15, 0.2) is 4.99 Å². The lowest BCUT2D eigenvalue weighted by molar-refractivity contribution is -0.0496. The second kappa shape index (κ2) is 11.4. The molecular formula is C18H34F3N5O2S. The number of likely N-dealkylation sites (tertiary alicyclic amines) is 1. The van der Waals surface area contributed by atoms with E-state index in [1.807, 2.05) is 6.92 Å². The lowest BCUT2D eigenvalue weighted by atomic mass is 9.98. The zero-order valence-corrected chi connectivity index (χ0v) is 18.0. The van der Waals surface area contributed by atoms with Crippen LogP contribution in [0.2, 0.25) is 0 Å². The molecule has 0 aromatic rings. The third-order valence-corrected chi connectivity index (χ3v) is 7.08. The summed E-state index contributed by atoms with van der Waals surface area (Å²) in [5.74, 6) is 0.791. The van der Waals surface area contributed by atoms with Gasteiger partial charge in [-0.3, -0.25) is 4.99 Å². The molecule has 0 atom stereocenters. The molecule has 0 aromatic heterocycles. The first kappa shape index (κ1) is 24.2. The van der Waals surface area contributed by atoms with Gasteiger partial charge in [0.1, 0.15) is 0 Å². The van der Waals surface area contributed by atoms with Crippen molar-refractivity contribution in [3.05, 3.63) is 0 Å². The first-order valence-electron chi connectivity index (χ1n) is 10.5. The first-order valence-corrected chi connectivity index (χ1v) is 12.0. The zero-order valence-electron chi connectivity index (χ0n) is 17.2. The minimum absolute atomic E-state index is 0.0836. The van der Waals surface area contributed by atoms with Crippen molar-refractivity contribution >= 4 is 16.0 Å². The number of guanidine groups is 1. The maximum atomic E-state index is 12.6. The van der Waals surface area contributed by atoms with Crippen molar-refractivity contribution in [3.63, 3.8) is 0 Å². The van der Waals surface area contributed by atoms with Gasteiger partial charge in [-0.15, -0.1) is 0 Å². The van der Waals surface area contributed by atoms with E-state index < -0.39 is 15.5 Å². The Balaban J connectivity index is 1.70. The predicted molar refractivity (Wildman–Crippen MR) is 108 cm³/mol. The van der Waals surface area contributed by atoms with Gasteiger partial charge in [-0.2, -0.15) is 17.5 Å². The molecule has 2 heterocycles. The Morgan fingerprint density at radius 1 is 1.07 bits per heavy atom. The van der Waals surface area contributed by atoms with Gasteiger partial charge in [0.25, 0.3) is 0 Å². The number of nitrogens with zero attached hydrogens (tertiary/aromatic N) is 3. The molecule has 0 radical (unpaired) electrons. The van der Waals surface area contributed by atoms with Crippen molar-refractivity contribution in [1.82, 2.24) is 19.8 Å². The van der Waals surface area contributed by atoms with E-state index in [4.69, 9.17) is 0 Å². The Morgan fingerprint density at radius 2 is 1.72 bits per heavy atom. The van der Waals surface area contributed by atoms with Crippen LogP contribution >= 0.6 is 0 Å². The molecule has 7 nitrogen and oxygen atoms in total. The molecule has 2 saturated heterocycles. The number of unbranched alkanes of at least 4 members (excludes halogenated alkanes) is 1. The van der Waals surface area contributed by atoms with Crippen LogP contribution in [0.1, 0.15) is 45.4 Å². The number of aliphatic imine (C=N–C) groups is 1. The van der Waals surface area contributed by atoms with Gasteiger partial charge in [0, 0.05) is 32.7 Å². The molecule has 2 N–H and O–H groups in total. The van der Waals surface area contributed by atoms with Gasteiger partial charge in [0.2, 0.25) is 0 Å². The average Bonchev–Trinajstić information content (AvgIpc) is 3.18. The highest BCUT2D eigenvalue weighted by Crippen LogP contribution is 2.30. The van der Waals surface area contributed by atoms with E-state index >= 15 is 0 Å². The van der Waals surface area contributed by atoms with Gasteiger partial charge in [-0.05, 0) is 71.0 Å². The maximum Gasteiger partial charge on any atom is 0.511 e. The van der Waals surface area contributed by atoms with Gasteiger partial charge in [0.05, 0.1) is 0 Å². The molecular weight excluding hydrogens is 407 g/mol. The second-order valence-electron chi connectivity index (χ2n) is 7.70. The van der Waals surface area contributed by atoms with Crippen molar-refractivity contribution in [3.8, 4) is 0 Å². The highest BCUT2D eigenvalue weighted by molar-refractivity contribution is 7.90. The Kier molecular flexibility index (Phi) is 9.48. The van der Waals surface area contributed by atoms with Gasteiger partial charge in [-0.25, -0.2) is 8.42 Å². The van der Waals surface area contributed by atoms with Crippen LogP contribution in [0.5, 0.6) is 0 Å². The van der Waals surface area contributed by atoms with Crippen LogP contribution in [-0.2, 0) is 10.0 Å². The minimum Gasteiger partial charge on any atom is -0.357 e. The summed E-state index contributed by atoms with van der Waals surface area (Å²) in [6.45, 7) is 7.33. The number of piperidine rings is 1. The van der Waals surface area contributed by atoms with E-state index in [9.17, 15) is 21.6 Å². The normalized spacial score (nSPS) is 20.9. The van der Waals surface area contributed by atoms with Crippen LogP contribution in [0, 0.1) is 5.92 Å². The predicted octanol–water partition coefficient (Wildman–Crippen LogP) is 1.98. The van der Waals surface area contributed by atoms with Gasteiger partial charge < -0.3 is 15.5 Å². The SMILES string of the molecule is CCNC(=NCC1CCN(S(=O)(=O)C(F)(F)F)CC1)NCCCCN1CCCC1. The number of nitrogens with one attached hydrogen (secondary N) is 2. The monoisotopic (exact) mass is 441 g/mol. The molecule has 2 fully saturated rings. The summed E-state index contributed by atoms with van der Waals surface area (Å²) in [6.07, 6.45) is 5.56. The molecule has 2 rings (SSSR count). The quantitative estimate of drug-likeness (QED) is 0.325. The summed E-state index contributed by atoms with van der Waals surface area (Å²) in [7, 11) is -5.22. The third-order valence-electron chi connectivity index (χ3n) is 5.45. The molecule has 0 aromatic carbocycles. The highest BCUT2D eigenvalue weighted by Gasteiger charge is 2.50. The fraction of sp³-hybridized carbons (Fsp3) is 0.944. The van der Waals surface area contributed by atoms with Gasteiger partial charge >= 0.3 is 15.5 Å². The largest absolute Gasteiger partial charge is 0.511 e. The molecule has 0 aliphatic carbocycles. The fourth-order valence-corrected chi connectivity index (χ4v) is 4.70. The smallest absolute Gasteiger partial charge is 0.357 e. The van der Waals surface area contributed by atoms with Crippen LogP contribution < -0.4 is 10.6 Å². The van der Waals surface area contributed by atoms with Crippen LogP contribution in [0.3, 0.4) is 0 Å². The number of rotatable bonds is 9. The summed E-state index contributed by atoms with van der Waals surface area (Å²) < 4.78 is 61.4. The number of hydrogen-bond acceptors (Lipinski definition) is 4. The Morgan fingerprint density at radius 3 is 2.31 bits per heavy atom. The number of hydrogen-bond donors (Lipinski definition) is 2. The first-order chi connectivity index (χ1) is 13.7. The van der Waals surface area contributed by atoms with E-state index in [-0.39, 0.29) is 19.0 Å². The van der Waals surface area contributed by atoms with E-state index in [0.29, 0.717) is 29.7 Å². The molecule has 0 spiro atoms. The van der Waals surface area contributed by atoms with E-state index in [1.54, 1.807) is 0 Å². The van der Waals surface area contributed by atoms with Crippen molar-refractivity contribution in [2.45, 2.75) is 51.0 Å². The molecule has 0 bridgehead atoms. The van der Waals surface area contributed by atoms with Crippen LogP contribution in [0.4, 0.5) is 13.2 Å². The lowest BCUT2D eigenvalue weighted by Gasteiger charge is -2.30. The zero-order chi connectivity index (χ0) is 21.3. The Labute approximate surface area is 172 Å². The lowest BCUT2D eigenvalue weighted by Crippen LogP contribution is -2.45. The Bertz CT molecular complexity index is 613. The summed E-state index contributed by atoms with van der Waals surface area (Å²) in [6, 6.07) is 0. The van der Waals surface area contributed by atoms with Crippen LogP contribution in [-0.4, -0.2) is 81.4 Å². The number of alkyl halides is 3. The molecule has 0 unspecified atom stereocenters. The number of sulfonamides is 1. The molecule has 2 aliphatic rings. The van der Waals surface area contributed by atoms with Gasteiger partial charge in [0.15, 0.2) is 5.96 Å². The van der Waals surface area contributed by atoms with Gasteiger partial charge in [-0.1, -0.05) is 0 Å². The third kappa shape index (κ3) is 7.60. The van der Waals surface area contributed by atoms with Crippen molar-refractivity contribution in [1.29, 1.82) is 0 Å². The van der Waals surface area contributed by atoms with Crippen LogP contribution in [0.25, 0.3) is 0 Å². The molecule has 170 valence electrons. The maximum absolute atomic E-state index is 12.6. The summed E-state index contributed by atoms with van der Waals surface area (Å²) >= 11 is 0. The Hall–Kier alpha value is -1.07. The highest BCUT2D eigenvalue weighted by atomic mass is 32.2. The van der Waals surface area contributed by atoms with E-state index in [0.717, 1.165) is 32.5 Å². The fourth-order valence-electron chi connectivity index (χ4n) is 3.71. The molecule has 0 amide bonds. The minimum atomic E-state index is -5.23. The van der Waals surface area contributed by atoms with Crippen molar-refractivity contribution < 1.29 is 21.6 Å². The summed E-state index contributed by atoms with van der Waals surface area (Å²) in [5, 5.41) is 6.48. The molecule has 11 heteroatoms. The molecule has 2 aliphatic heterocycles. The average molecular weight is 442 g/mol. The van der Waals surface area contributed by atoms with E-state index in [1.165, 1.54) is 25.9 Å².